The first-order valence-corrected chi connectivity index (χ1v) is 14.0. The molecule has 0 aliphatic heterocycles. The minimum Gasteiger partial charge on any atom is -0.370 e. The summed E-state index contributed by atoms with van der Waals surface area (Å²) >= 11 is 0. The SMILES string of the molecule is NC(=O)CC[C@H](NC(=O)C(CC(=O)CCc1ccccc1)Cc1ccccc1)C(=O)N[C@@H](Cc1ccccc1)C(N)=O. The lowest BCUT2D eigenvalue weighted by Crippen LogP contribution is -2.54. The van der Waals surface area contributed by atoms with Crippen molar-refractivity contribution in [1.82, 2.24) is 10.6 Å². The molecule has 42 heavy (non-hydrogen) atoms. The molecule has 3 aromatic rings. The van der Waals surface area contributed by atoms with Gasteiger partial charge in [-0.3, -0.25) is 24.0 Å². The van der Waals surface area contributed by atoms with Crippen LogP contribution in [0.1, 0.15) is 42.4 Å². The van der Waals surface area contributed by atoms with E-state index >= 15 is 0 Å². The van der Waals surface area contributed by atoms with Gasteiger partial charge in [0, 0.05) is 31.6 Å². The van der Waals surface area contributed by atoms with E-state index < -0.39 is 41.6 Å². The molecule has 6 N–H and O–H groups in total. The number of rotatable bonds is 17. The van der Waals surface area contributed by atoms with Gasteiger partial charge >= 0.3 is 0 Å². The van der Waals surface area contributed by atoms with Gasteiger partial charge in [0.05, 0.1) is 0 Å². The van der Waals surface area contributed by atoms with Crippen molar-refractivity contribution in [2.24, 2.45) is 17.4 Å². The summed E-state index contributed by atoms with van der Waals surface area (Å²) in [7, 11) is 0. The highest BCUT2D eigenvalue weighted by atomic mass is 16.2. The van der Waals surface area contributed by atoms with Gasteiger partial charge in [0.15, 0.2) is 0 Å². The molecule has 0 radical (unpaired) electrons. The molecular weight excluding hydrogens is 532 g/mol. The topological polar surface area (TPSA) is 161 Å². The van der Waals surface area contributed by atoms with Gasteiger partial charge in [0.1, 0.15) is 17.9 Å². The summed E-state index contributed by atoms with van der Waals surface area (Å²) in [5.74, 6) is -3.39. The largest absolute Gasteiger partial charge is 0.370 e. The summed E-state index contributed by atoms with van der Waals surface area (Å²) in [6.45, 7) is 0. The predicted molar refractivity (Wildman–Crippen MR) is 160 cm³/mol. The van der Waals surface area contributed by atoms with Crippen LogP contribution in [0.25, 0.3) is 0 Å². The Labute approximate surface area is 246 Å². The van der Waals surface area contributed by atoms with Gasteiger partial charge in [-0.1, -0.05) is 91.0 Å². The lowest BCUT2D eigenvalue weighted by molar-refractivity contribution is -0.134. The second kappa shape index (κ2) is 16.5. The first-order valence-electron chi connectivity index (χ1n) is 14.0. The molecule has 0 saturated carbocycles. The molecule has 3 atom stereocenters. The molecule has 0 saturated heterocycles. The highest BCUT2D eigenvalue weighted by Gasteiger charge is 2.30. The van der Waals surface area contributed by atoms with Gasteiger partial charge in [0.2, 0.25) is 23.6 Å². The summed E-state index contributed by atoms with van der Waals surface area (Å²) < 4.78 is 0. The molecule has 0 spiro atoms. The first kappa shape index (κ1) is 31.7. The van der Waals surface area contributed by atoms with E-state index in [4.69, 9.17) is 11.5 Å². The van der Waals surface area contributed by atoms with Gasteiger partial charge in [-0.15, -0.1) is 0 Å². The van der Waals surface area contributed by atoms with Crippen molar-refractivity contribution >= 4 is 29.4 Å². The van der Waals surface area contributed by atoms with Crippen molar-refractivity contribution in [2.75, 3.05) is 0 Å². The van der Waals surface area contributed by atoms with Crippen LogP contribution in [-0.2, 0) is 43.2 Å². The van der Waals surface area contributed by atoms with Gasteiger partial charge in [0.25, 0.3) is 0 Å². The van der Waals surface area contributed by atoms with E-state index in [0.29, 0.717) is 6.42 Å². The molecule has 1 unspecified atom stereocenters. The Hall–Kier alpha value is -4.79. The maximum absolute atomic E-state index is 13.6. The third kappa shape index (κ3) is 11.0. The van der Waals surface area contributed by atoms with Crippen molar-refractivity contribution in [1.29, 1.82) is 0 Å². The molecule has 9 nitrogen and oxygen atoms in total. The van der Waals surface area contributed by atoms with E-state index in [9.17, 15) is 24.0 Å². The normalized spacial score (nSPS) is 12.9. The molecule has 0 aliphatic carbocycles. The molecule has 0 bridgehead atoms. The molecule has 9 heteroatoms. The van der Waals surface area contributed by atoms with Crippen LogP contribution in [-0.4, -0.2) is 41.5 Å². The number of nitrogens with two attached hydrogens (primary N) is 2. The van der Waals surface area contributed by atoms with Gasteiger partial charge in [-0.25, -0.2) is 0 Å². The maximum atomic E-state index is 13.6. The number of amides is 4. The molecule has 0 heterocycles. The van der Waals surface area contributed by atoms with Crippen LogP contribution in [0.4, 0.5) is 0 Å². The second-order valence-electron chi connectivity index (χ2n) is 10.3. The van der Waals surface area contributed by atoms with E-state index in [1.165, 1.54) is 0 Å². The number of hydrogen-bond acceptors (Lipinski definition) is 5. The van der Waals surface area contributed by atoms with E-state index in [1.54, 1.807) is 24.3 Å². The quantitative estimate of drug-likeness (QED) is 0.196. The van der Waals surface area contributed by atoms with Crippen molar-refractivity contribution in [3.05, 3.63) is 108 Å². The standard InChI is InChI=1S/C33H38N4O5/c34-30(39)19-18-28(33(42)37-29(31(35)40)21-25-14-8-3-9-15-25)36-32(41)26(20-24-12-6-2-7-13-24)22-27(38)17-16-23-10-4-1-5-11-23/h1-15,26,28-29H,16-22H2,(H2,34,39)(H2,35,40)(H,36,41)(H,37,42)/t26?,28-,29-/m0/s1. The Morgan fingerprint density at radius 2 is 1.10 bits per heavy atom. The lowest BCUT2D eigenvalue weighted by Gasteiger charge is -2.24. The summed E-state index contributed by atoms with van der Waals surface area (Å²) in [6.07, 6.45) is 1.00. The average molecular weight is 571 g/mol. The fourth-order valence-electron chi connectivity index (χ4n) is 4.65. The third-order valence-electron chi connectivity index (χ3n) is 6.96. The van der Waals surface area contributed by atoms with Crippen LogP contribution in [0.2, 0.25) is 0 Å². The fourth-order valence-corrected chi connectivity index (χ4v) is 4.65. The van der Waals surface area contributed by atoms with Gasteiger partial charge in [-0.2, -0.15) is 0 Å². The molecule has 0 fully saturated rings. The molecule has 4 amide bonds. The number of nitrogens with one attached hydrogen (secondary N) is 2. The van der Waals surface area contributed by atoms with Crippen molar-refractivity contribution in [3.8, 4) is 0 Å². The maximum Gasteiger partial charge on any atom is 0.243 e. The average Bonchev–Trinajstić information content (AvgIpc) is 2.98. The number of hydrogen-bond donors (Lipinski definition) is 4. The Kier molecular flexibility index (Phi) is 12.4. The van der Waals surface area contributed by atoms with Crippen LogP contribution in [0, 0.1) is 5.92 Å². The minimum atomic E-state index is -1.17. The van der Waals surface area contributed by atoms with E-state index in [2.05, 4.69) is 10.6 Å². The van der Waals surface area contributed by atoms with Gasteiger partial charge in [-0.05, 0) is 36.0 Å². The zero-order valence-electron chi connectivity index (χ0n) is 23.5. The summed E-state index contributed by atoms with van der Waals surface area (Å²) in [5, 5.41) is 5.33. The van der Waals surface area contributed by atoms with Crippen LogP contribution in [0.3, 0.4) is 0 Å². The number of carbonyl (C=O) groups is 5. The number of Topliss-reactive ketones (excluding diaryl/α,β-unsaturated/α-hetero) is 1. The van der Waals surface area contributed by atoms with Crippen LogP contribution in [0.15, 0.2) is 91.0 Å². The van der Waals surface area contributed by atoms with E-state index in [-0.39, 0.29) is 44.3 Å². The number of primary amides is 2. The van der Waals surface area contributed by atoms with Crippen LogP contribution in [0.5, 0.6) is 0 Å². The Morgan fingerprint density at radius 3 is 1.62 bits per heavy atom. The van der Waals surface area contributed by atoms with Crippen molar-refractivity contribution in [3.63, 3.8) is 0 Å². The molecule has 0 aliphatic rings. The van der Waals surface area contributed by atoms with Crippen LogP contribution >= 0.6 is 0 Å². The van der Waals surface area contributed by atoms with Crippen LogP contribution < -0.4 is 22.1 Å². The highest BCUT2D eigenvalue weighted by molar-refractivity contribution is 5.93. The van der Waals surface area contributed by atoms with E-state index in [0.717, 1.165) is 16.7 Å². The number of benzene rings is 3. The van der Waals surface area contributed by atoms with E-state index in [1.807, 2.05) is 66.7 Å². The third-order valence-corrected chi connectivity index (χ3v) is 6.96. The predicted octanol–water partition coefficient (Wildman–Crippen LogP) is 2.40. The molecule has 3 aromatic carbocycles. The Balaban J connectivity index is 1.74. The summed E-state index contributed by atoms with van der Waals surface area (Å²) in [4.78, 5) is 63.6. The molecular formula is C33H38N4O5. The smallest absolute Gasteiger partial charge is 0.243 e. The number of carbonyl (C=O) groups excluding carboxylic acids is 5. The Bertz CT molecular complexity index is 1330. The fraction of sp³-hybridized carbons (Fsp3) is 0.303. The zero-order valence-corrected chi connectivity index (χ0v) is 23.5. The monoisotopic (exact) mass is 570 g/mol. The number of aryl methyl sites for hydroxylation is 1. The summed E-state index contributed by atoms with van der Waals surface area (Å²) in [5.41, 5.74) is 13.6. The molecule has 220 valence electrons. The second-order valence-corrected chi connectivity index (χ2v) is 10.3. The van der Waals surface area contributed by atoms with Crippen molar-refractivity contribution < 1.29 is 24.0 Å². The van der Waals surface area contributed by atoms with Gasteiger partial charge < -0.3 is 22.1 Å². The number of ketones is 1. The first-order chi connectivity index (χ1) is 20.2. The lowest BCUT2D eigenvalue weighted by atomic mass is 9.91. The van der Waals surface area contributed by atoms with Crippen molar-refractivity contribution in [2.45, 2.75) is 57.0 Å². The molecule has 0 aromatic heterocycles. The summed E-state index contributed by atoms with van der Waals surface area (Å²) in [6, 6.07) is 25.7. The zero-order chi connectivity index (χ0) is 30.3. The molecule has 3 rings (SSSR count). The Morgan fingerprint density at radius 1 is 0.595 bits per heavy atom. The minimum absolute atomic E-state index is 0.0182. The highest BCUT2D eigenvalue weighted by Crippen LogP contribution is 2.17.